The first-order chi connectivity index (χ1) is 9.36. The van der Waals surface area contributed by atoms with E-state index in [0.717, 1.165) is 5.56 Å². The molecule has 0 amide bonds. The predicted molar refractivity (Wildman–Crippen MR) is 77.6 cm³/mol. The number of aliphatic carboxylic acids is 1. The summed E-state index contributed by atoms with van der Waals surface area (Å²) in [6.07, 6.45) is -0.0330. The second-order valence-electron chi connectivity index (χ2n) is 6.48. The molecule has 1 saturated heterocycles. The third-order valence-corrected chi connectivity index (χ3v) is 3.67. The highest BCUT2D eigenvalue weighted by molar-refractivity contribution is 5.69. The number of ether oxygens (including phenoxy) is 1. The minimum atomic E-state index is -0.786. The summed E-state index contributed by atoms with van der Waals surface area (Å²) in [5.41, 5.74) is 1.10. The molecule has 0 spiro atoms. The van der Waals surface area contributed by atoms with Gasteiger partial charge in [-0.2, -0.15) is 0 Å². The second-order valence-corrected chi connectivity index (χ2v) is 6.48. The van der Waals surface area contributed by atoms with Crippen molar-refractivity contribution in [2.75, 3.05) is 19.6 Å². The number of nitrogens with zero attached hydrogens (tertiary/aromatic N) is 1. The number of carbonyl (C=O) groups is 1. The maximum atomic E-state index is 11.0. The number of benzene rings is 1. The SMILES string of the molecule is CC(C)(C)[C@H]1CN(CC(=O)O)C[C@@H](c2ccccc2)O1. The average molecular weight is 277 g/mol. The van der Waals surface area contributed by atoms with Crippen molar-refractivity contribution in [3.8, 4) is 0 Å². The van der Waals surface area contributed by atoms with Gasteiger partial charge in [-0.1, -0.05) is 51.1 Å². The Bertz CT molecular complexity index is 453. The lowest BCUT2D eigenvalue weighted by molar-refractivity contribution is -0.149. The molecule has 1 aliphatic heterocycles. The molecule has 4 heteroatoms. The summed E-state index contributed by atoms with van der Waals surface area (Å²) < 4.78 is 6.21. The van der Waals surface area contributed by atoms with Gasteiger partial charge in [0.05, 0.1) is 18.8 Å². The van der Waals surface area contributed by atoms with Gasteiger partial charge in [0.1, 0.15) is 0 Å². The molecule has 1 aliphatic rings. The molecule has 1 fully saturated rings. The van der Waals surface area contributed by atoms with Crippen molar-refractivity contribution in [3.05, 3.63) is 35.9 Å². The Morgan fingerprint density at radius 1 is 1.30 bits per heavy atom. The first-order valence-corrected chi connectivity index (χ1v) is 7.01. The van der Waals surface area contributed by atoms with E-state index in [9.17, 15) is 4.79 Å². The number of hydrogen-bond donors (Lipinski definition) is 1. The number of carboxylic acid groups (broad SMARTS) is 1. The minimum absolute atomic E-state index is 0.00972. The van der Waals surface area contributed by atoms with Crippen LogP contribution in [0, 0.1) is 5.41 Å². The Morgan fingerprint density at radius 3 is 2.50 bits per heavy atom. The molecule has 0 aliphatic carbocycles. The Kier molecular flexibility index (Phi) is 4.45. The third-order valence-electron chi connectivity index (χ3n) is 3.67. The molecule has 0 aromatic heterocycles. The highest BCUT2D eigenvalue weighted by Gasteiger charge is 2.36. The van der Waals surface area contributed by atoms with Gasteiger partial charge >= 0.3 is 5.97 Å². The van der Waals surface area contributed by atoms with Crippen LogP contribution in [-0.2, 0) is 9.53 Å². The van der Waals surface area contributed by atoms with Gasteiger partial charge < -0.3 is 9.84 Å². The van der Waals surface area contributed by atoms with E-state index < -0.39 is 5.97 Å². The fourth-order valence-electron chi connectivity index (χ4n) is 2.48. The van der Waals surface area contributed by atoms with Crippen molar-refractivity contribution in [2.45, 2.75) is 33.0 Å². The zero-order valence-corrected chi connectivity index (χ0v) is 12.4. The van der Waals surface area contributed by atoms with Crippen LogP contribution >= 0.6 is 0 Å². The number of rotatable bonds is 3. The Hall–Kier alpha value is -1.39. The number of morpholine rings is 1. The standard InChI is InChI=1S/C16H23NO3/c1-16(2,3)14-10-17(11-15(18)19)9-13(20-14)12-7-5-4-6-8-12/h4-8,13-14H,9-11H2,1-3H3,(H,18,19)/t13-,14+/m0/s1. The van der Waals surface area contributed by atoms with Crippen LogP contribution in [0.4, 0.5) is 0 Å². The lowest BCUT2D eigenvalue weighted by Crippen LogP contribution is -2.50. The lowest BCUT2D eigenvalue weighted by atomic mass is 9.87. The van der Waals surface area contributed by atoms with Gasteiger partial charge in [-0.3, -0.25) is 9.69 Å². The van der Waals surface area contributed by atoms with Gasteiger partial charge in [0.2, 0.25) is 0 Å². The monoisotopic (exact) mass is 277 g/mol. The molecule has 0 unspecified atom stereocenters. The van der Waals surface area contributed by atoms with Crippen LogP contribution < -0.4 is 0 Å². The van der Waals surface area contributed by atoms with Gasteiger partial charge in [0.25, 0.3) is 0 Å². The molecule has 2 rings (SSSR count). The minimum Gasteiger partial charge on any atom is -0.480 e. The summed E-state index contributed by atoms with van der Waals surface area (Å²) in [5, 5.41) is 9.03. The van der Waals surface area contributed by atoms with Crippen molar-refractivity contribution >= 4 is 5.97 Å². The largest absolute Gasteiger partial charge is 0.480 e. The molecule has 1 aromatic rings. The van der Waals surface area contributed by atoms with Crippen LogP contribution in [0.25, 0.3) is 0 Å². The molecule has 1 aromatic carbocycles. The van der Waals surface area contributed by atoms with E-state index in [1.54, 1.807) is 0 Å². The van der Waals surface area contributed by atoms with E-state index in [1.165, 1.54) is 0 Å². The Balaban J connectivity index is 2.18. The van der Waals surface area contributed by atoms with E-state index in [4.69, 9.17) is 9.84 Å². The molecule has 0 saturated carbocycles. The topological polar surface area (TPSA) is 49.8 Å². The van der Waals surface area contributed by atoms with E-state index in [0.29, 0.717) is 13.1 Å². The first kappa shape index (κ1) is 15.0. The second kappa shape index (κ2) is 5.94. The molecule has 1 heterocycles. The van der Waals surface area contributed by atoms with Crippen LogP contribution in [0.5, 0.6) is 0 Å². The van der Waals surface area contributed by atoms with Gasteiger partial charge in [0.15, 0.2) is 0 Å². The highest BCUT2D eigenvalue weighted by atomic mass is 16.5. The molecule has 4 nitrogen and oxygen atoms in total. The van der Waals surface area contributed by atoms with Gasteiger partial charge in [0, 0.05) is 13.1 Å². The first-order valence-electron chi connectivity index (χ1n) is 7.01. The molecule has 0 radical (unpaired) electrons. The zero-order valence-electron chi connectivity index (χ0n) is 12.4. The quantitative estimate of drug-likeness (QED) is 0.922. The zero-order chi connectivity index (χ0) is 14.8. The van der Waals surface area contributed by atoms with Crippen LogP contribution in [0.3, 0.4) is 0 Å². The smallest absolute Gasteiger partial charge is 0.317 e. The van der Waals surface area contributed by atoms with Gasteiger partial charge in [-0.15, -0.1) is 0 Å². The maximum Gasteiger partial charge on any atom is 0.317 e. The molecular formula is C16H23NO3. The Morgan fingerprint density at radius 2 is 1.95 bits per heavy atom. The van der Waals surface area contributed by atoms with Crippen LogP contribution in [0.1, 0.15) is 32.4 Å². The van der Waals surface area contributed by atoms with Gasteiger partial charge in [-0.25, -0.2) is 0 Å². The van der Waals surface area contributed by atoms with E-state index >= 15 is 0 Å². The van der Waals surface area contributed by atoms with Crippen molar-refractivity contribution in [3.63, 3.8) is 0 Å². The average Bonchev–Trinajstić information content (AvgIpc) is 2.37. The molecule has 20 heavy (non-hydrogen) atoms. The molecule has 2 atom stereocenters. The van der Waals surface area contributed by atoms with Gasteiger partial charge in [-0.05, 0) is 11.0 Å². The lowest BCUT2D eigenvalue weighted by Gasteiger charge is -2.43. The number of hydrogen-bond acceptors (Lipinski definition) is 3. The van der Waals surface area contributed by atoms with Crippen molar-refractivity contribution in [1.82, 2.24) is 4.90 Å². The summed E-state index contributed by atoms with van der Waals surface area (Å²) in [6.45, 7) is 7.75. The predicted octanol–water partition coefficient (Wildman–Crippen LogP) is 2.56. The normalized spacial score (nSPS) is 24.6. The summed E-state index contributed by atoms with van der Waals surface area (Å²) in [7, 11) is 0. The van der Waals surface area contributed by atoms with Crippen LogP contribution in [0.2, 0.25) is 0 Å². The maximum absolute atomic E-state index is 11.0. The summed E-state index contributed by atoms with van der Waals surface area (Å²) in [5.74, 6) is -0.786. The summed E-state index contributed by atoms with van der Waals surface area (Å²) in [4.78, 5) is 13.0. The fourth-order valence-corrected chi connectivity index (χ4v) is 2.48. The van der Waals surface area contributed by atoms with Crippen LogP contribution in [-0.4, -0.2) is 41.7 Å². The van der Waals surface area contributed by atoms with Crippen LogP contribution in [0.15, 0.2) is 30.3 Å². The third kappa shape index (κ3) is 3.81. The van der Waals surface area contributed by atoms with E-state index in [1.807, 2.05) is 35.2 Å². The van der Waals surface area contributed by atoms with Crippen molar-refractivity contribution in [1.29, 1.82) is 0 Å². The van der Waals surface area contributed by atoms with Crippen molar-refractivity contribution < 1.29 is 14.6 Å². The van der Waals surface area contributed by atoms with Crippen molar-refractivity contribution in [2.24, 2.45) is 5.41 Å². The molecular weight excluding hydrogens is 254 g/mol. The highest BCUT2D eigenvalue weighted by Crippen LogP contribution is 2.33. The van der Waals surface area contributed by atoms with E-state index in [-0.39, 0.29) is 24.2 Å². The number of carboxylic acids is 1. The summed E-state index contributed by atoms with van der Waals surface area (Å²) >= 11 is 0. The van der Waals surface area contributed by atoms with E-state index in [2.05, 4.69) is 20.8 Å². The Labute approximate surface area is 120 Å². The molecule has 110 valence electrons. The molecule has 0 bridgehead atoms. The molecule has 1 N–H and O–H groups in total. The summed E-state index contributed by atoms with van der Waals surface area (Å²) in [6, 6.07) is 10.0. The fraction of sp³-hybridized carbons (Fsp3) is 0.562.